The van der Waals surface area contributed by atoms with Gasteiger partial charge in [-0.1, -0.05) is 0 Å². The van der Waals surface area contributed by atoms with Gasteiger partial charge in [-0.05, 0) is 44.0 Å². The Morgan fingerprint density at radius 1 is 1.33 bits per heavy atom. The second kappa shape index (κ2) is 6.43. The quantitative estimate of drug-likeness (QED) is 0.594. The maximum Gasteiger partial charge on any atom is 0.343 e. The van der Waals surface area contributed by atoms with Crippen LogP contribution >= 0.6 is 31.9 Å². The first-order chi connectivity index (χ1) is 9.88. The van der Waals surface area contributed by atoms with Crippen molar-refractivity contribution >= 4 is 43.8 Å². The van der Waals surface area contributed by atoms with Crippen molar-refractivity contribution in [2.75, 3.05) is 19.8 Å². The van der Waals surface area contributed by atoms with E-state index in [1.807, 2.05) is 0 Å². The zero-order valence-corrected chi connectivity index (χ0v) is 14.2. The molecule has 2 rings (SSSR count). The first-order valence-electron chi connectivity index (χ1n) is 6.00. The van der Waals surface area contributed by atoms with Crippen molar-refractivity contribution in [3.05, 3.63) is 26.6 Å². The van der Waals surface area contributed by atoms with E-state index >= 15 is 0 Å². The van der Waals surface area contributed by atoms with Crippen LogP contribution in [0.15, 0.2) is 21.1 Å². The molecule has 114 valence electrons. The zero-order valence-electron chi connectivity index (χ0n) is 11.0. The van der Waals surface area contributed by atoms with Crippen LogP contribution in [0.25, 0.3) is 0 Å². The SMILES string of the molecule is CC(=O)Oc1ccc(Br)c(Br)c1C1(C(=O)O)COCCO1. The van der Waals surface area contributed by atoms with E-state index in [4.69, 9.17) is 14.2 Å². The Kier molecular flexibility index (Phi) is 5.03. The largest absolute Gasteiger partial charge is 0.479 e. The van der Waals surface area contributed by atoms with Crippen molar-refractivity contribution in [3.8, 4) is 5.75 Å². The molecule has 1 N–H and O–H groups in total. The van der Waals surface area contributed by atoms with Gasteiger partial charge in [0.15, 0.2) is 0 Å². The molecule has 8 heteroatoms. The number of halogens is 2. The van der Waals surface area contributed by atoms with Crippen molar-refractivity contribution in [1.82, 2.24) is 0 Å². The average molecular weight is 424 g/mol. The van der Waals surface area contributed by atoms with Crippen LogP contribution in [0, 0.1) is 0 Å². The Morgan fingerprint density at radius 3 is 2.57 bits per heavy atom. The summed E-state index contributed by atoms with van der Waals surface area (Å²) in [6, 6.07) is 3.15. The van der Waals surface area contributed by atoms with Crippen molar-refractivity contribution in [3.63, 3.8) is 0 Å². The molecule has 1 atom stereocenters. The van der Waals surface area contributed by atoms with Gasteiger partial charge in [-0.2, -0.15) is 0 Å². The molecule has 0 aromatic heterocycles. The third kappa shape index (κ3) is 3.13. The highest BCUT2D eigenvalue weighted by Crippen LogP contribution is 2.43. The van der Waals surface area contributed by atoms with Gasteiger partial charge in [-0.3, -0.25) is 4.79 Å². The van der Waals surface area contributed by atoms with E-state index in [0.29, 0.717) is 15.6 Å². The normalized spacial score (nSPS) is 21.9. The summed E-state index contributed by atoms with van der Waals surface area (Å²) >= 11 is 6.63. The van der Waals surface area contributed by atoms with Gasteiger partial charge in [0.1, 0.15) is 5.75 Å². The monoisotopic (exact) mass is 422 g/mol. The molecule has 1 aromatic carbocycles. The number of rotatable bonds is 3. The van der Waals surface area contributed by atoms with Crippen molar-refractivity contribution < 1.29 is 28.9 Å². The summed E-state index contributed by atoms with van der Waals surface area (Å²) in [6.07, 6.45) is 0. The number of carbonyl (C=O) groups excluding carboxylic acids is 1. The molecule has 1 aliphatic rings. The van der Waals surface area contributed by atoms with Crippen LogP contribution in [-0.2, 0) is 24.7 Å². The molecule has 1 unspecified atom stereocenters. The molecule has 1 saturated heterocycles. The van der Waals surface area contributed by atoms with E-state index in [9.17, 15) is 14.7 Å². The van der Waals surface area contributed by atoms with E-state index < -0.39 is 17.5 Å². The van der Waals surface area contributed by atoms with E-state index in [2.05, 4.69) is 31.9 Å². The molecule has 6 nitrogen and oxygen atoms in total. The summed E-state index contributed by atoms with van der Waals surface area (Å²) in [5.74, 6) is -1.65. The fourth-order valence-electron chi connectivity index (χ4n) is 2.06. The van der Waals surface area contributed by atoms with Crippen molar-refractivity contribution in [2.24, 2.45) is 0 Å². The minimum absolute atomic E-state index is 0.116. The van der Waals surface area contributed by atoms with Crippen LogP contribution in [0.5, 0.6) is 5.75 Å². The Morgan fingerprint density at radius 2 is 2.05 bits per heavy atom. The summed E-state index contributed by atoms with van der Waals surface area (Å²) in [6.45, 7) is 1.51. The number of benzene rings is 1. The summed E-state index contributed by atoms with van der Waals surface area (Å²) < 4.78 is 17.0. The predicted molar refractivity (Wildman–Crippen MR) is 79.2 cm³/mol. The van der Waals surface area contributed by atoms with E-state index in [1.54, 1.807) is 6.07 Å². The first-order valence-corrected chi connectivity index (χ1v) is 7.59. The molecule has 0 radical (unpaired) electrons. The molecule has 21 heavy (non-hydrogen) atoms. The molecule has 0 bridgehead atoms. The van der Waals surface area contributed by atoms with E-state index in [-0.39, 0.29) is 24.5 Å². The van der Waals surface area contributed by atoms with Gasteiger partial charge in [0, 0.05) is 15.9 Å². The highest BCUT2D eigenvalue weighted by molar-refractivity contribution is 9.13. The van der Waals surface area contributed by atoms with Crippen LogP contribution in [0.4, 0.5) is 0 Å². The second-order valence-corrected chi connectivity index (χ2v) is 6.01. The van der Waals surface area contributed by atoms with Gasteiger partial charge in [-0.15, -0.1) is 0 Å². The lowest BCUT2D eigenvalue weighted by Crippen LogP contribution is -2.47. The summed E-state index contributed by atoms with van der Waals surface area (Å²) in [7, 11) is 0. The minimum Gasteiger partial charge on any atom is -0.479 e. The van der Waals surface area contributed by atoms with Crippen molar-refractivity contribution in [2.45, 2.75) is 12.5 Å². The van der Waals surface area contributed by atoms with Gasteiger partial charge in [-0.25, -0.2) is 4.79 Å². The Balaban J connectivity index is 2.65. The van der Waals surface area contributed by atoms with Gasteiger partial charge >= 0.3 is 11.9 Å². The number of carbonyl (C=O) groups is 2. The van der Waals surface area contributed by atoms with Crippen molar-refractivity contribution in [1.29, 1.82) is 0 Å². The molecule has 0 saturated carbocycles. The lowest BCUT2D eigenvalue weighted by atomic mass is 9.92. The molecule has 1 heterocycles. The third-order valence-corrected chi connectivity index (χ3v) is 4.96. The zero-order chi connectivity index (χ0) is 15.6. The second-order valence-electron chi connectivity index (χ2n) is 4.36. The van der Waals surface area contributed by atoms with Gasteiger partial charge < -0.3 is 19.3 Å². The van der Waals surface area contributed by atoms with E-state index in [0.717, 1.165) is 0 Å². The molecule has 0 amide bonds. The molecule has 1 fully saturated rings. The van der Waals surface area contributed by atoms with Crippen LogP contribution < -0.4 is 4.74 Å². The standard InChI is InChI=1S/C13H12Br2O6/c1-7(16)21-9-3-2-8(14)11(15)10(9)13(12(17)18)6-19-4-5-20-13/h2-3H,4-6H2,1H3,(H,17,18). The predicted octanol–water partition coefficient (Wildman–Crippen LogP) is 2.46. The van der Waals surface area contributed by atoms with Crippen LogP contribution in [0.1, 0.15) is 12.5 Å². The summed E-state index contributed by atoms with van der Waals surface area (Å²) in [5, 5.41) is 9.63. The topological polar surface area (TPSA) is 82.1 Å². The number of esters is 1. The van der Waals surface area contributed by atoms with Gasteiger partial charge in [0.05, 0.1) is 25.4 Å². The fraction of sp³-hybridized carbons (Fsp3) is 0.385. The van der Waals surface area contributed by atoms with E-state index in [1.165, 1.54) is 13.0 Å². The minimum atomic E-state index is -1.73. The maximum atomic E-state index is 11.8. The molecular formula is C13H12Br2O6. The number of aliphatic carboxylic acids is 1. The molecular weight excluding hydrogens is 412 g/mol. The van der Waals surface area contributed by atoms with Crippen LogP contribution in [0.3, 0.4) is 0 Å². The number of ether oxygens (including phenoxy) is 3. The highest BCUT2D eigenvalue weighted by atomic mass is 79.9. The maximum absolute atomic E-state index is 11.8. The summed E-state index contributed by atoms with van der Waals surface area (Å²) in [5.41, 5.74) is -1.52. The molecule has 1 aromatic rings. The highest BCUT2D eigenvalue weighted by Gasteiger charge is 2.48. The van der Waals surface area contributed by atoms with Gasteiger partial charge in [0.2, 0.25) is 5.60 Å². The number of hydrogen-bond acceptors (Lipinski definition) is 5. The molecule has 0 spiro atoms. The van der Waals surface area contributed by atoms with Crippen LogP contribution in [-0.4, -0.2) is 36.9 Å². The first kappa shape index (κ1) is 16.4. The van der Waals surface area contributed by atoms with Crippen LogP contribution in [0.2, 0.25) is 0 Å². The number of carboxylic acids is 1. The smallest absolute Gasteiger partial charge is 0.343 e. The lowest BCUT2D eigenvalue weighted by Gasteiger charge is -2.35. The molecule has 0 aliphatic carbocycles. The molecule has 1 aliphatic heterocycles. The number of hydrogen-bond donors (Lipinski definition) is 1. The Bertz CT molecular complexity index is 580. The van der Waals surface area contributed by atoms with Gasteiger partial charge in [0.25, 0.3) is 0 Å². The lowest BCUT2D eigenvalue weighted by molar-refractivity contribution is -0.197. The fourth-order valence-corrected chi connectivity index (χ4v) is 3.03. The Hall–Kier alpha value is -0.960. The third-order valence-electron chi connectivity index (χ3n) is 2.94. The average Bonchev–Trinajstić information content (AvgIpc) is 2.43. The Labute approximate surface area is 137 Å². The summed E-state index contributed by atoms with van der Waals surface area (Å²) in [4.78, 5) is 23.0. The number of carboxylic acid groups (broad SMARTS) is 1.